The maximum atomic E-state index is 12.8. The van der Waals surface area contributed by atoms with Gasteiger partial charge in [-0.15, -0.1) is 0 Å². The molecule has 0 bridgehead atoms. The van der Waals surface area contributed by atoms with Crippen LogP contribution in [0.2, 0.25) is 0 Å². The predicted octanol–water partition coefficient (Wildman–Crippen LogP) is 1.14. The zero-order valence-corrected chi connectivity index (χ0v) is 12.6. The summed E-state index contributed by atoms with van der Waals surface area (Å²) in [4.78, 5) is -0.769. The quantitative estimate of drug-likeness (QED) is 0.864. The first-order chi connectivity index (χ1) is 9.40. The first-order valence-corrected chi connectivity index (χ1v) is 9.15. The lowest BCUT2D eigenvalue weighted by atomic mass is 10.3. The summed E-state index contributed by atoms with van der Waals surface area (Å²) in [5.41, 5.74) is 5.04. The van der Waals surface area contributed by atoms with Crippen molar-refractivity contribution in [3.8, 4) is 0 Å². The van der Waals surface area contributed by atoms with E-state index in [0.717, 1.165) is 30.5 Å². The Hall–Kier alpha value is -1.13. The molecule has 0 aliphatic carbocycles. The van der Waals surface area contributed by atoms with Gasteiger partial charge in [0.05, 0.1) is 9.79 Å². The lowest BCUT2D eigenvalue weighted by Crippen LogP contribution is -2.38. The van der Waals surface area contributed by atoms with Gasteiger partial charge < -0.3 is 5.73 Å². The van der Waals surface area contributed by atoms with Crippen molar-refractivity contribution in [3.63, 3.8) is 0 Å². The molecule has 0 aliphatic heterocycles. The van der Waals surface area contributed by atoms with E-state index in [4.69, 9.17) is 5.73 Å². The predicted molar refractivity (Wildman–Crippen MR) is 70.3 cm³/mol. The van der Waals surface area contributed by atoms with Gasteiger partial charge in [0.2, 0.25) is 0 Å². The second kappa shape index (κ2) is 5.93. The number of benzene rings is 1. The third kappa shape index (κ3) is 4.17. The lowest BCUT2D eigenvalue weighted by molar-refractivity contribution is -0.131. The normalized spacial score (nSPS) is 14.9. The Morgan fingerprint density at radius 2 is 1.48 bits per heavy atom. The molecular formula is C11H14F3NO4S2. The van der Waals surface area contributed by atoms with E-state index in [1.165, 1.54) is 0 Å². The zero-order valence-electron chi connectivity index (χ0n) is 11.0. The molecule has 10 heteroatoms. The van der Waals surface area contributed by atoms with Crippen molar-refractivity contribution in [2.75, 3.05) is 12.8 Å². The molecular weight excluding hydrogens is 331 g/mol. The molecule has 1 aromatic rings. The molecule has 120 valence electrons. The third-order valence-electron chi connectivity index (χ3n) is 2.75. The highest BCUT2D eigenvalue weighted by atomic mass is 32.2. The molecule has 1 atom stereocenters. The van der Waals surface area contributed by atoms with Crippen molar-refractivity contribution >= 4 is 19.7 Å². The molecule has 0 aromatic heterocycles. The molecule has 5 nitrogen and oxygen atoms in total. The van der Waals surface area contributed by atoms with Crippen molar-refractivity contribution in [2.45, 2.75) is 27.6 Å². The van der Waals surface area contributed by atoms with E-state index >= 15 is 0 Å². The van der Waals surface area contributed by atoms with Crippen molar-refractivity contribution < 1.29 is 30.0 Å². The summed E-state index contributed by atoms with van der Waals surface area (Å²) in [7, 11) is -8.24. The van der Waals surface area contributed by atoms with Gasteiger partial charge in [-0.25, -0.2) is 16.8 Å². The van der Waals surface area contributed by atoms with Gasteiger partial charge in [0.1, 0.15) is 0 Å². The maximum Gasteiger partial charge on any atom is 0.405 e. The number of nitrogens with two attached hydrogens (primary N) is 1. The topological polar surface area (TPSA) is 94.3 Å². The van der Waals surface area contributed by atoms with Crippen LogP contribution in [0.25, 0.3) is 0 Å². The number of rotatable bonds is 5. The van der Waals surface area contributed by atoms with E-state index in [2.05, 4.69) is 0 Å². The zero-order chi connectivity index (χ0) is 16.5. The standard InChI is InChI=1S/C11H14F3NO4S2/c1-20(16,17)8-2-4-9(5-3-8)21(18,19)10(6-7-15)11(12,13)14/h2-5,10H,6-7,15H2,1H3. The summed E-state index contributed by atoms with van der Waals surface area (Å²) < 4.78 is 85.0. The van der Waals surface area contributed by atoms with Gasteiger partial charge in [0.25, 0.3) is 0 Å². The third-order valence-corrected chi connectivity index (χ3v) is 6.06. The molecule has 0 amide bonds. The molecule has 0 saturated carbocycles. The largest absolute Gasteiger partial charge is 0.405 e. The van der Waals surface area contributed by atoms with Crippen LogP contribution in [0.3, 0.4) is 0 Å². The molecule has 1 aromatic carbocycles. The number of hydrogen-bond acceptors (Lipinski definition) is 5. The molecule has 0 spiro atoms. The lowest BCUT2D eigenvalue weighted by Gasteiger charge is -2.20. The smallest absolute Gasteiger partial charge is 0.330 e. The van der Waals surface area contributed by atoms with Crippen molar-refractivity contribution in [1.29, 1.82) is 0 Å². The van der Waals surface area contributed by atoms with Crippen LogP contribution in [0, 0.1) is 0 Å². The fraction of sp³-hybridized carbons (Fsp3) is 0.455. The van der Waals surface area contributed by atoms with Crippen molar-refractivity contribution in [1.82, 2.24) is 0 Å². The molecule has 0 radical (unpaired) electrons. The fourth-order valence-corrected chi connectivity index (χ4v) is 3.96. The van der Waals surface area contributed by atoms with E-state index in [-0.39, 0.29) is 4.90 Å². The summed E-state index contributed by atoms with van der Waals surface area (Å²) in [6.45, 7) is -0.440. The van der Waals surface area contributed by atoms with E-state index in [1.54, 1.807) is 0 Å². The van der Waals surface area contributed by atoms with Crippen LogP contribution in [0.15, 0.2) is 34.1 Å². The van der Waals surface area contributed by atoms with Gasteiger partial charge in [0, 0.05) is 6.26 Å². The average Bonchev–Trinajstić information content (AvgIpc) is 2.33. The maximum absolute atomic E-state index is 12.8. The Labute approximate surface area is 120 Å². The van der Waals surface area contributed by atoms with Crippen molar-refractivity contribution in [2.24, 2.45) is 5.73 Å². The van der Waals surface area contributed by atoms with E-state index < -0.39 is 49.0 Å². The minimum absolute atomic E-state index is 0.177. The SMILES string of the molecule is CS(=O)(=O)c1ccc(S(=O)(=O)C(CCN)C(F)(F)F)cc1. The Morgan fingerprint density at radius 3 is 1.81 bits per heavy atom. The molecule has 1 unspecified atom stereocenters. The van der Waals surface area contributed by atoms with Crippen LogP contribution >= 0.6 is 0 Å². The summed E-state index contributed by atoms with van der Waals surface area (Å²) >= 11 is 0. The molecule has 0 fully saturated rings. The Kier molecular flexibility index (Phi) is 5.06. The first-order valence-electron chi connectivity index (χ1n) is 5.71. The van der Waals surface area contributed by atoms with Gasteiger partial charge in [-0.2, -0.15) is 13.2 Å². The number of alkyl halides is 3. The van der Waals surface area contributed by atoms with E-state index in [0.29, 0.717) is 0 Å². The van der Waals surface area contributed by atoms with E-state index in [1.807, 2.05) is 0 Å². The molecule has 21 heavy (non-hydrogen) atoms. The van der Waals surface area contributed by atoms with Crippen LogP contribution in [-0.4, -0.2) is 41.1 Å². The summed E-state index contributed by atoms with van der Waals surface area (Å²) in [6, 6.07) is 3.61. The Morgan fingerprint density at radius 1 is 1.05 bits per heavy atom. The number of halogens is 3. The van der Waals surface area contributed by atoms with Crippen LogP contribution in [0.1, 0.15) is 6.42 Å². The number of hydrogen-bond donors (Lipinski definition) is 1. The van der Waals surface area contributed by atoms with Crippen LogP contribution in [0.4, 0.5) is 13.2 Å². The highest BCUT2D eigenvalue weighted by Crippen LogP contribution is 2.32. The Balaban J connectivity index is 3.30. The second-order valence-corrected chi connectivity index (χ2v) is 8.54. The van der Waals surface area contributed by atoms with Gasteiger partial charge in [-0.05, 0) is 37.2 Å². The van der Waals surface area contributed by atoms with Gasteiger partial charge in [-0.3, -0.25) is 0 Å². The Bertz CT molecular complexity index is 694. The van der Waals surface area contributed by atoms with Gasteiger partial charge in [-0.1, -0.05) is 0 Å². The van der Waals surface area contributed by atoms with Crippen LogP contribution < -0.4 is 5.73 Å². The molecule has 1 rings (SSSR count). The molecule has 2 N–H and O–H groups in total. The summed E-state index contributed by atoms with van der Waals surface area (Å²) in [5.74, 6) is 0. The fourth-order valence-electron chi connectivity index (χ4n) is 1.69. The van der Waals surface area contributed by atoms with Gasteiger partial charge in [0.15, 0.2) is 24.9 Å². The highest BCUT2D eigenvalue weighted by molar-refractivity contribution is 7.92. The minimum Gasteiger partial charge on any atom is -0.330 e. The van der Waals surface area contributed by atoms with Crippen LogP contribution in [0.5, 0.6) is 0 Å². The second-order valence-electron chi connectivity index (χ2n) is 4.40. The van der Waals surface area contributed by atoms with Crippen molar-refractivity contribution in [3.05, 3.63) is 24.3 Å². The monoisotopic (exact) mass is 345 g/mol. The summed E-state index contributed by atoms with van der Waals surface area (Å²) in [5, 5.41) is -2.61. The summed E-state index contributed by atoms with van der Waals surface area (Å²) in [6.07, 6.45) is -4.81. The highest BCUT2D eigenvalue weighted by Gasteiger charge is 2.48. The number of sulfone groups is 2. The van der Waals surface area contributed by atoms with Crippen LogP contribution in [-0.2, 0) is 19.7 Å². The molecule has 0 heterocycles. The first kappa shape index (κ1) is 17.9. The molecule has 0 saturated heterocycles. The molecule has 0 aliphatic rings. The van der Waals surface area contributed by atoms with Gasteiger partial charge >= 0.3 is 6.18 Å². The minimum atomic E-state index is -4.95. The average molecular weight is 345 g/mol. The van der Waals surface area contributed by atoms with E-state index in [9.17, 15) is 30.0 Å².